The number of anilines is 1. The number of halogens is 1. The van der Waals surface area contributed by atoms with E-state index in [0.717, 1.165) is 36.9 Å². The molecule has 2 aliphatic rings. The van der Waals surface area contributed by atoms with Crippen LogP contribution in [0.15, 0.2) is 71.1 Å². The van der Waals surface area contributed by atoms with E-state index in [2.05, 4.69) is 21.2 Å². The highest BCUT2D eigenvalue weighted by molar-refractivity contribution is 6.30. The molecule has 1 saturated heterocycles. The van der Waals surface area contributed by atoms with E-state index in [4.69, 9.17) is 25.8 Å². The van der Waals surface area contributed by atoms with Gasteiger partial charge < -0.3 is 29.5 Å². The van der Waals surface area contributed by atoms with Crippen LogP contribution in [-0.2, 0) is 19.1 Å². The molecule has 9 nitrogen and oxygen atoms in total. The second-order valence-corrected chi connectivity index (χ2v) is 10.4. The number of piperazine rings is 1. The quantitative estimate of drug-likeness (QED) is 0.440. The van der Waals surface area contributed by atoms with E-state index in [-0.39, 0.29) is 6.61 Å². The molecule has 1 unspecified atom stereocenters. The molecule has 2 aliphatic heterocycles. The molecule has 0 saturated carbocycles. The summed E-state index contributed by atoms with van der Waals surface area (Å²) >= 11 is 6.13. The Balaban J connectivity index is 1.36. The molecular weight excluding hydrogens is 534 g/mol. The lowest BCUT2D eigenvalue weighted by Crippen LogP contribution is -2.49. The third-order valence-corrected chi connectivity index (χ3v) is 7.48. The molecular formula is C30H36ClN3O6. The molecule has 0 radical (unpaired) electrons. The van der Waals surface area contributed by atoms with Crippen LogP contribution in [-0.4, -0.2) is 81.6 Å². The van der Waals surface area contributed by atoms with Gasteiger partial charge in [0.25, 0.3) is 0 Å². The van der Waals surface area contributed by atoms with Crippen LogP contribution in [0.1, 0.15) is 25.3 Å². The Morgan fingerprint density at radius 3 is 2.12 bits per heavy atom. The molecule has 1 fully saturated rings. The van der Waals surface area contributed by atoms with Gasteiger partial charge in [0.05, 0.1) is 31.3 Å². The van der Waals surface area contributed by atoms with Crippen LogP contribution in [0.3, 0.4) is 0 Å². The number of hydrogen-bond acceptors (Lipinski definition) is 9. The number of methoxy groups -OCH3 is 2. The normalized spacial score (nSPS) is 17.4. The number of nitrogens with one attached hydrogen (secondary N) is 1. The molecule has 0 aliphatic carbocycles. The first-order chi connectivity index (χ1) is 19.2. The summed E-state index contributed by atoms with van der Waals surface area (Å²) in [5, 5.41) is 14.4. The summed E-state index contributed by atoms with van der Waals surface area (Å²) in [7, 11) is 2.62. The number of aliphatic hydroxyl groups is 1. The summed E-state index contributed by atoms with van der Waals surface area (Å²) in [6, 6.07) is 15.0. The van der Waals surface area contributed by atoms with Gasteiger partial charge >= 0.3 is 11.9 Å². The van der Waals surface area contributed by atoms with Crippen LogP contribution in [0.25, 0.3) is 0 Å². The predicted octanol–water partition coefficient (Wildman–Crippen LogP) is 3.48. The van der Waals surface area contributed by atoms with E-state index < -0.39 is 24.0 Å². The highest BCUT2D eigenvalue weighted by Gasteiger charge is 2.37. The third kappa shape index (κ3) is 6.78. The summed E-state index contributed by atoms with van der Waals surface area (Å²) in [5.41, 5.74) is 3.72. The van der Waals surface area contributed by atoms with E-state index >= 15 is 0 Å². The Morgan fingerprint density at radius 1 is 0.975 bits per heavy atom. The summed E-state index contributed by atoms with van der Waals surface area (Å²) in [6.45, 7) is 7.57. The zero-order valence-electron chi connectivity index (χ0n) is 23.3. The number of hydrogen-bond donors (Lipinski definition) is 2. The van der Waals surface area contributed by atoms with Crippen molar-refractivity contribution < 1.29 is 28.9 Å². The summed E-state index contributed by atoms with van der Waals surface area (Å²) in [5.74, 6) is -1.14. The standard InChI is InChI=1S/C30H36ClN3O6/c1-19-26(29(36)38-3)28(27(20(2)32-19)30(37)39-4)21-8-10-25(11-9-21)40-18-24(35)17-33-12-14-34(15-13-33)23-7-5-6-22(31)16-23/h5-11,16,24,28,32,35H,12-15,17-18H2,1-4H3. The third-order valence-electron chi connectivity index (χ3n) is 7.24. The van der Waals surface area contributed by atoms with Gasteiger partial charge in [-0.15, -0.1) is 0 Å². The van der Waals surface area contributed by atoms with Gasteiger partial charge in [-0.25, -0.2) is 9.59 Å². The zero-order valence-corrected chi connectivity index (χ0v) is 24.0. The Morgan fingerprint density at radius 2 is 1.57 bits per heavy atom. The predicted molar refractivity (Wildman–Crippen MR) is 153 cm³/mol. The number of carbonyl (C=O) groups is 2. The van der Waals surface area contributed by atoms with Gasteiger partial charge in [-0.05, 0) is 49.7 Å². The lowest BCUT2D eigenvalue weighted by molar-refractivity contribution is -0.137. The monoisotopic (exact) mass is 569 g/mol. The second-order valence-electron chi connectivity index (χ2n) is 9.92. The van der Waals surface area contributed by atoms with Crippen molar-refractivity contribution in [3.63, 3.8) is 0 Å². The molecule has 0 amide bonds. The average Bonchev–Trinajstić information content (AvgIpc) is 2.95. The summed E-state index contributed by atoms with van der Waals surface area (Å²) in [4.78, 5) is 29.9. The zero-order chi connectivity index (χ0) is 28.8. The number of aliphatic hydroxyl groups excluding tert-OH is 1. The SMILES string of the molecule is COC(=O)C1=C(C)NC(C)=C(C(=O)OC)C1c1ccc(OCC(O)CN2CCN(c3cccc(Cl)c3)CC2)cc1. The van der Waals surface area contributed by atoms with Crippen LogP contribution >= 0.6 is 11.6 Å². The summed E-state index contributed by atoms with van der Waals surface area (Å²) < 4.78 is 15.9. The fourth-order valence-electron chi connectivity index (χ4n) is 5.25. The first-order valence-electron chi connectivity index (χ1n) is 13.2. The Labute approximate surface area is 239 Å². The Kier molecular flexibility index (Phi) is 9.73. The molecule has 10 heteroatoms. The van der Waals surface area contributed by atoms with Crippen LogP contribution in [0.2, 0.25) is 5.02 Å². The number of β-amino-alcohol motifs (C(OH)–C–C–N with tert-alkyl or cyclic N) is 1. The van der Waals surface area contributed by atoms with Crippen molar-refractivity contribution in [1.82, 2.24) is 10.2 Å². The fraction of sp³-hybridized carbons (Fsp3) is 0.400. The van der Waals surface area contributed by atoms with Crippen LogP contribution in [0, 0.1) is 0 Å². The van der Waals surface area contributed by atoms with Crippen molar-refractivity contribution in [3.8, 4) is 5.75 Å². The molecule has 0 spiro atoms. The maximum atomic E-state index is 12.7. The maximum Gasteiger partial charge on any atom is 0.336 e. The first-order valence-corrected chi connectivity index (χ1v) is 13.6. The molecule has 2 aromatic carbocycles. The van der Waals surface area contributed by atoms with Crippen LogP contribution < -0.4 is 15.0 Å². The van der Waals surface area contributed by atoms with Crippen molar-refractivity contribution >= 4 is 29.2 Å². The number of carbonyl (C=O) groups excluding carboxylic acids is 2. The number of esters is 2. The van der Waals surface area contributed by atoms with Crippen LogP contribution in [0.4, 0.5) is 5.69 Å². The van der Waals surface area contributed by atoms with Gasteiger partial charge in [-0.2, -0.15) is 0 Å². The lowest BCUT2D eigenvalue weighted by Gasteiger charge is -2.36. The molecule has 0 aromatic heterocycles. The number of rotatable bonds is 9. The van der Waals surface area contributed by atoms with Gasteiger partial charge in [0.15, 0.2) is 0 Å². The largest absolute Gasteiger partial charge is 0.491 e. The highest BCUT2D eigenvalue weighted by Crippen LogP contribution is 2.39. The molecule has 214 valence electrons. The van der Waals surface area contributed by atoms with Crippen molar-refractivity contribution in [1.29, 1.82) is 0 Å². The number of nitrogens with zero attached hydrogens (tertiary/aromatic N) is 2. The second kappa shape index (κ2) is 13.2. The molecule has 2 N–H and O–H groups in total. The average molecular weight is 570 g/mol. The maximum absolute atomic E-state index is 12.7. The number of allylic oxidation sites excluding steroid dienone is 2. The smallest absolute Gasteiger partial charge is 0.336 e. The molecule has 1 atom stereocenters. The van der Waals surface area contributed by atoms with Crippen molar-refractivity contribution in [2.45, 2.75) is 25.9 Å². The number of benzene rings is 2. The van der Waals surface area contributed by atoms with E-state index in [1.54, 1.807) is 38.1 Å². The number of ether oxygens (including phenoxy) is 3. The van der Waals surface area contributed by atoms with Crippen molar-refractivity contribution in [2.75, 3.05) is 58.5 Å². The molecule has 40 heavy (non-hydrogen) atoms. The summed E-state index contributed by atoms with van der Waals surface area (Å²) in [6.07, 6.45) is -0.658. The van der Waals surface area contributed by atoms with E-state index in [9.17, 15) is 14.7 Å². The minimum atomic E-state index is -0.661. The lowest BCUT2D eigenvalue weighted by atomic mass is 9.80. The molecule has 2 aromatic rings. The molecule has 2 heterocycles. The van der Waals surface area contributed by atoms with Gasteiger partial charge in [0, 0.05) is 54.8 Å². The van der Waals surface area contributed by atoms with Crippen molar-refractivity contribution in [2.24, 2.45) is 0 Å². The van der Waals surface area contributed by atoms with E-state index in [1.807, 2.05) is 18.2 Å². The topological polar surface area (TPSA) is 101 Å². The number of dihydropyridines is 1. The minimum Gasteiger partial charge on any atom is -0.491 e. The van der Waals surface area contributed by atoms with Gasteiger partial charge in [0.2, 0.25) is 0 Å². The minimum absolute atomic E-state index is 0.139. The Bertz CT molecular complexity index is 1250. The highest BCUT2D eigenvalue weighted by atomic mass is 35.5. The van der Waals surface area contributed by atoms with Gasteiger partial charge in [-0.1, -0.05) is 29.8 Å². The van der Waals surface area contributed by atoms with Crippen LogP contribution in [0.5, 0.6) is 5.75 Å². The van der Waals surface area contributed by atoms with Crippen molar-refractivity contribution in [3.05, 3.63) is 81.7 Å². The van der Waals surface area contributed by atoms with E-state index in [1.165, 1.54) is 14.2 Å². The van der Waals surface area contributed by atoms with E-state index in [0.29, 0.717) is 40.4 Å². The Hall–Kier alpha value is -3.53. The molecule has 0 bridgehead atoms. The van der Waals surface area contributed by atoms with Gasteiger partial charge in [-0.3, -0.25) is 4.90 Å². The molecule has 4 rings (SSSR count). The first kappa shape index (κ1) is 29.5. The fourth-order valence-corrected chi connectivity index (χ4v) is 5.43. The van der Waals surface area contributed by atoms with Gasteiger partial charge in [0.1, 0.15) is 18.5 Å².